The van der Waals surface area contributed by atoms with Crippen LogP contribution in [0.5, 0.6) is 5.75 Å². The number of nitrogens with one attached hydrogen (secondary N) is 1. The maximum absolute atomic E-state index is 10.8. The summed E-state index contributed by atoms with van der Waals surface area (Å²) in [5.74, 6) is -0.0579. The van der Waals surface area contributed by atoms with Gasteiger partial charge in [0.15, 0.2) is 0 Å². The van der Waals surface area contributed by atoms with Gasteiger partial charge in [-0.3, -0.25) is 0 Å². The Morgan fingerprint density at radius 2 is 2.27 bits per heavy atom. The lowest BCUT2D eigenvalue weighted by Gasteiger charge is -1.87. The van der Waals surface area contributed by atoms with Crippen LogP contribution in [0.2, 0.25) is 0 Å². The van der Waals surface area contributed by atoms with Gasteiger partial charge in [-0.25, -0.2) is 9.95 Å². The van der Waals surface area contributed by atoms with E-state index in [1.807, 2.05) is 0 Å². The fraction of sp³-hybridized carbons (Fsp3) is 0. The van der Waals surface area contributed by atoms with Crippen molar-refractivity contribution in [3.05, 3.63) is 28.6 Å². The number of aromatic hydroxyl groups is 1. The molecule has 0 radical (unpaired) electrons. The molecule has 0 amide bonds. The molecule has 0 aliphatic rings. The molecule has 4 heteroatoms. The summed E-state index contributed by atoms with van der Waals surface area (Å²) in [4.78, 5) is 10.8. The maximum Gasteiger partial charge on any atom is 0.368 e. The van der Waals surface area contributed by atoms with Crippen molar-refractivity contribution in [1.29, 1.82) is 0 Å². The number of hydrogen-bond acceptors (Lipinski definition) is 3. The van der Waals surface area contributed by atoms with E-state index in [1.54, 1.807) is 12.1 Å². The summed E-state index contributed by atoms with van der Waals surface area (Å²) in [6, 6.07) is 4.72. The molecule has 1 aromatic heterocycles. The molecule has 1 heterocycles. The van der Waals surface area contributed by atoms with Gasteiger partial charge in [-0.1, -0.05) is 6.07 Å². The van der Waals surface area contributed by atoms with E-state index >= 15 is 0 Å². The fourth-order valence-corrected chi connectivity index (χ4v) is 0.992. The molecule has 4 nitrogen and oxygen atoms in total. The summed E-state index contributed by atoms with van der Waals surface area (Å²) < 4.78 is 4.46. The molecule has 0 atom stereocenters. The third kappa shape index (κ3) is 0.724. The highest BCUT2D eigenvalue weighted by Crippen LogP contribution is 2.18. The van der Waals surface area contributed by atoms with Gasteiger partial charge in [0.25, 0.3) is 0 Å². The Labute approximate surface area is 61.0 Å². The summed E-state index contributed by atoms with van der Waals surface area (Å²) in [5, 5.41) is 11.7. The Hall–Kier alpha value is -1.71. The molecule has 0 aliphatic heterocycles. The van der Waals surface area contributed by atoms with E-state index in [1.165, 1.54) is 6.07 Å². The number of fused-ring (bicyclic) bond motifs is 1. The van der Waals surface area contributed by atoms with Crippen molar-refractivity contribution in [2.45, 2.75) is 0 Å². The number of aromatic amines is 1. The second-order valence-electron chi connectivity index (χ2n) is 2.19. The van der Waals surface area contributed by atoms with Crippen LogP contribution in [0.3, 0.4) is 0 Å². The molecule has 2 aromatic rings. The normalized spacial score (nSPS) is 10.5. The average molecular weight is 151 g/mol. The Kier molecular flexibility index (Phi) is 1.03. The summed E-state index contributed by atoms with van der Waals surface area (Å²) >= 11 is 0. The molecule has 2 rings (SSSR count). The third-order valence-electron chi connectivity index (χ3n) is 1.50. The third-order valence-corrected chi connectivity index (χ3v) is 1.50. The molecule has 11 heavy (non-hydrogen) atoms. The quantitative estimate of drug-likeness (QED) is 0.585. The first-order valence-electron chi connectivity index (χ1n) is 3.08. The molecule has 0 unspecified atom stereocenters. The van der Waals surface area contributed by atoms with Crippen LogP contribution in [0.25, 0.3) is 10.9 Å². The van der Waals surface area contributed by atoms with E-state index in [0.717, 1.165) is 0 Å². The van der Waals surface area contributed by atoms with Crippen LogP contribution in [0.4, 0.5) is 0 Å². The van der Waals surface area contributed by atoms with E-state index in [4.69, 9.17) is 5.11 Å². The van der Waals surface area contributed by atoms with Gasteiger partial charge in [0.2, 0.25) is 0 Å². The minimum Gasteiger partial charge on any atom is -0.507 e. The van der Waals surface area contributed by atoms with Crippen LogP contribution in [0, 0.1) is 0 Å². The minimum absolute atomic E-state index is 0.0579. The van der Waals surface area contributed by atoms with Gasteiger partial charge in [-0.15, -0.1) is 0 Å². The van der Waals surface area contributed by atoms with Crippen molar-refractivity contribution in [2.75, 3.05) is 0 Å². The Morgan fingerprint density at radius 3 is 3.00 bits per heavy atom. The highest BCUT2D eigenvalue weighted by Gasteiger charge is 2.05. The molecule has 0 aliphatic carbocycles. The van der Waals surface area contributed by atoms with Crippen molar-refractivity contribution < 1.29 is 9.63 Å². The van der Waals surface area contributed by atoms with Crippen molar-refractivity contribution >= 4 is 10.9 Å². The number of aromatic nitrogens is 1. The zero-order valence-electron chi connectivity index (χ0n) is 5.50. The van der Waals surface area contributed by atoms with Crippen LogP contribution in [-0.2, 0) is 0 Å². The van der Waals surface area contributed by atoms with Gasteiger partial charge in [0, 0.05) is 0 Å². The average Bonchev–Trinajstić information content (AvgIpc) is 2.34. The van der Waals surface area contributed by atoms with Gasteiger partial charge in [0.05, 0.1) is 5.52 Å². The number of phenolic OH excluding ortho intramolecular Hbond substituents is 1. The lowest BCUT2D eigenvalue weighted by Crippen LogP contribution is -1.90. The standard InChI is InChI=1S/C7H5NO3/c9-5-3-1-2-4-6(5)7(10)11-8-4/h1-3,8-9H. The molecule has 0 bridgehead atoms. The van der Waals surface area contributed by atoms with Crippen LogP contribution in [-0.4, -0.2) is 10.3 Å². The Balaban J connectivity index is 3.08. The molecule has 2 N–H and O–H groups in total. The maximum atomic E-state index is 10.8. The van der Waals surface area contributed by atoms with E-state index < -0.39 is 5.63 Å². The van der Waals surface area contributed by atoms with Crippen molar-refractivity contribution in [2.24, 2.45) is 0 Å². The highest BCUT2D eigenvalue weighted by atomic mass is 16.5. The summed E-state index contributed by atoms with van der Waals surface area (Å²) in [6.07, 6.45) is 0. The number of hydrogen-bond donors (Lipinski definition) is 2. The first kappa shape index (κ1) is 6.03. The monoisotopic (exact) mass is 151 g/mol. The van der Waals surface area contributed by atoms with Gasteiger partial charge >= 0.3 is 5.63 Å². The number of H-pyrrole nitrogens is 1. The lowest BCUT2D eigenvalue weighted by molar-refractivity contribution is 0.398. The molecule has 0 saturated carbocycles. The molecule has 56 valence electrons. The second-order valence-corrected chi connectivity index (χ2v) is 2.19. The van der Waals surface area contributed by atoms with Crippen molar-refractivity contribution in [3.8, 4) is 5.75 Å². The van der Waals surface area contributed by atoms with Crippen molar-refractivity contribution in [1.82, 2.24) is 5.16 Å². The summed E-state index contributed by atoms with van der Waals surface area (Å²) in [6.45, 7) is 0. The summed E-state index contributed by atoms with van der Waals surface area (Å²) in [5.41, 5.74) is -0.0342. The smallest absolute Gasteiger partial charge is 0.368 e. The van der Waals surface area contributed by atoms with Crippen LogP contribution < -0.4 is 5.63 Å². The molecule has 0 fully saturated rings. The lowest BCUT2D eigenvalue weighted by atomic mass is 10.2. The molecule has 0 spiro atoms. The van der Waals surface area contributed by atoms with Gasteiger partial charge in [-0.05, 0) is 12.1 Å². The van der Waals surface area contributed by atoms with Crippen LogP contribution >= 0.6 is 0 Å². The van der Waals surface area contributed by atoms with E-state index in [9.17, 15) is 4.79 Å². The molecular weight excluding hydrogens is 146 g/mol. The van der Waals surface area contributed by atoms with Gasteiger partial charge in [-0.2, -0.15) is 0 Å². The predicted octanol–water partition coefficient (Wildman–Crippen LogP) is 0.827. The first-order valence-corrected chi connectivity index (χ1v) is 3.08. The Morgan fingerprint density at radius 1 is 1.45 bits per heavy atom. The van der Waals surface area contributed by atoms with E-state index in [2.05, 4.69) is 9.68 Å². The summed E-state index contributed by atoms with van der Waals surface area (Å²) in [7, 11) is 0. The topological polar surface area (TPSA) is 66.2 Å². The van der Waals surface area contributed by atoms with E-state index in [0.29, 0.717) is 5.52 Å². The van der Waals surface area contributed by atoms with E-state index in [-0.39, 0.29) is 11.1 Å². The van der Waals surface area contributed by atoms with Crippen molar-refractivity contribution in [3.63, 3.8) is 0 Å². The predicted molar refractivity (Wildman–Crippen MR) is 38.5 cm³/mol. The fourth-order valence-electron chi connectivity index (χ4n) is 0.992. The Bertz CT molecular complexity index is 440. The number of benzene rings is 1. The van der Waals surface area contributed by atoms with Gasteiger partial charge < -0.3 is 9.63 Å². The molecular formula is C7H5NO3. The minimum atomic E-state index is -0.543. The van der Waals surface area contributed by atoms with Crippen LogP contribution in [0.15, 0.2) is 27.5 Å². The number of phenols is 1. The zero-order chi connectivity index (χ0) is 7.84. The largest absolute Gasteiger partial charge is 0.507 e. The molecule has 1 aromatic carbocycles. The van der Waals surface area contributed by atoms with Gasteiger partial charge in [0.1, 0.15) is 11.1 Å². The SMILES string of the molecule is O=c1o[nH]c2cccc(O)c12. The first-order chi connectivity index (χ1) is 5.29. The molecule has 0 saturated heterocycles. The highest BCUT2D eigenvalue weighted by molar-refractivity contribution is 5.83. The number of rotatable bonds is 0. The second kappa shape index (κ2) is 1.88. The van der Waals surface area contributed by atoms with Crippen LogP contribution in [0.1, 0.15) is 0 Å². The zero-order valence-corrected chi connectivity index (χ0v) is 5.50.